The Balaban J connectivity index is 3.36. The molecular weight excluding hydrogens is 356 g/mol. The van der Waals surface area contributed by atoms with Gasteiger partial charge in [-0.1, -0.05) is 13.2 Å². The highest BCUT2D eigenvalue weighted by Crippen LogP contribution is 2.40. The van der Waals surface area contributed by atoms with Crippen LogP contribution in [-0.4, -0.2) is 66.9 Å². The predicted octanol–water partition coefficient (Wildman–Crippen LogP) is 1.04. The van der Waals surface area contributed by atoms with Gasteiger partial charge < -0.3 is 9.47 Å². The zero-order chi connectivity index (χ0) is 20.9. The van der Waals surface area contributed by atoms with Gasteiger partial charge in [0.25, 0.3) is 0 Å². The Labute approximate surface area is 157 Å². The fourth-order valence-corrected chi connectivity index (χ4v) is 2.84. The van der Waals surface area contributed by atoms with Gasteiger partial charge >= 0.3 is 18.0 Å². The van der Waals surface area contributed by atoms with E-state index in [0.29, 0.717) is 0 Å². The molecule has 0 aromatic heterocycles. The quantitative estimate of drug-likeness (QED) is 0.351. The number of imide groups is 2. The van der Waals surface area contributed by atoms with Gasteiger partial charge in [-0.2, -0.15) is 0 Å². The Hall–Kier alpha value is -2.97. The monoisotopic (exact) mass is 380 g/mol. The summed E-state index contributed by atoms with van der Waals surface area (Å²) in [5.41, 5.74) is -2.19. The zero-order valence-electron chi connectivity index (χ0n) is 16.0. The first kappa shape index (κ1) is 22.1. The van der Waals surface area contributed by atoms with E-state index >= 15 is 0 Å². The van der Waals surface area contributed by atoms with Crippen LogP contribution in [0, 0.1) is 5.41 Å². The van der Waals surface area contributed by atoms with Gasteiger partial charge in [-0.15, -0.1) is 0 Å². The van der Waals surface area contributed by atoms with Crippen LogP contribution in [0.15, 0.2) is 24.3 Å². The van der Waals surface area contributed by atoms with E-state index in [4.69, 9.17) is 9.47 Å². The van der Waals surface area contributed by atoms with Crippen molar-refractivity contribution in [2.75, 3.05) is 27.3 Å². The minimum atomic E-state index is -1.93. The molecule has 9 heteroatoms. The fourth-order valence-electron chi connectivity index (χ4n) is 2.84. The molecule has 0 spiro atoms. The van der Waals surface area contributed by atoms with Crippen LogP contribution in [0.25, 0.3) is 0 Å². The smallest absolute Gasteiger partial charge is 0.333 e. The number of rotatable bonds is 8. The second kappa shape index (κ2) is 8.61. The summed E-state index contributed by atoms with van der Waals surface area (Å²) in [4.78, 5) is 63.4. The number of esters is 2. The Morgan fingerprint density at radius 2 is 1.19 bits per heavy atom. The topological polar surface area (TPSA) is 110 Å². The molecule has 0 bridgehead atoms. The molecule has 0 aromatic rings. The van der Waals surface area contributed by atoms with Gasteiger partial charge in [-0.25, -0.2) is 14.4 Å². The number of hydrogen-bond acceptors (Lipinski definition) is 7. The van der Waals surface area contributed by atoms with Crippen molar-refractivity contribution in [1.82, 2.24) is 9.80 Å². The first-order chi connectivity index (χ1) is 12.5. The van der Waals surface area contributed by atoms with E-state index in [1.807, 2.05) is 0 Å². The van der Waals surface area contributed by atoms with Crippen molar-refractivity contribution >= 4 is 29.8 Å². The van der Waals surface area contributed by atoms with Gasteiger partial charge in [0.05, 0.1) is 13.2 Å². The average molecular weight is 380 g/mol. The third-order valence-corrected chi connectivity index (χ3v) is 4.16. The van der Waals surface area contributed by atoms with Crippen molar-refractivity contribution in [2.45, 2.75) is 26.7 Å². The molecule has 1 saturated heterocycles. The van der Waals surface area contributed by atoms with Crippen molar-refractivity contribution < 1.29 is 33.4 Å². The van der Waals surface area contributed by atoms with Gasteiger partial charge in [0.15, 0.2) is 0 Å². The number of amides is 4. The number of ether oxygens (including phenoxy) is 2. The first-order valence-electron chi connectivity index (χ1n) is 8.33. The summed E-state index contributed by atoms with van der Waals surface area (Å²) in [6, 6.07) is -0.816. The third kappa shape index (κ3) is 4.24. The van der Waals surface area contributed by atoms with Crippen LogP contribution in [0.3, 0.4) is 0 Å². The number of nitrogens with zero attached hydrogens (tertiary/aromatic N) is 2. The summed E-state index contributed by atoms with van der Waals surface area (Å²) >= 11 is 0. The van der Waals surface area contributed by atoms with Crippen LogP contribution >= 0.6 is 0 Å². The van der Waals surface area contributed by atoms with Crippen LogP contribution in [0.1, 0.15) is 26.7 Å². The van der Waals surface area contributed by atoms with E-state index in [1.54, 1.807) is 13.8 Å². The van der Waals surface area contributed by atoms with Crippen molar-refractivity contribution in [3.63, 3.8) is 0 Å². The van der Waals surface area contributed by atoms with Crippen LogP contribution < -0.4 is 0 Å². The normalized spacial score (nSPS) is 16.2. The van der Waals surface area contributed by atoms with Crippen LogP contribution in [0.5, 0.6) is 0 Å². The molecule has 0 unspecified atom stereocenters. The van der Waals surface area contributed by atoms with E-state index in [2.05, 4.69) is 13.2 Å². The number of carbonyl (C=O) groups excluding carboxylic acids is 5. The van der Waals surface area contributed by atoms with Crippen LogP contribution in [0.4, 0.5) is 4.79 Å². The van der Waals surface area contributed by atoms with Crippen LogP contribution in [0.2, 0.25) is 0 Å². The van der Waals surface area contributed by atoms with E-state index in [1.165, 1.54) is 14.1 Å². The molecule has 1 heterocycles. The maximum absolute atomic E-state index is 12.9. The summed E-state index contributed by atoms with van der Waals surface area (Å²) in [6.07, 6.45) is -0.853. The minimum absolute atomic E-state index is 0.0839. The highest BCUT2D eigenvalue weighted by molar-refractivity contribution is 6.19. The third-order valence-electron chi connectivity index (χ3n) is 4.16. The molecule has 1 aliphatic rings. The summed E-state index contributed by atoms with van der Waals surface area (Å²) in [5.74, 6) is -3.26. The molecule has 0 aliphatic carbocycles. The molecule has 0 atom stereocenters. The molecule has 27 heavy (non-hydrogen) atoms. The SMILES string of the molecule is C=C(CC1(CC(=C)C(=O)OCC)C(=O)N(C)C(=O)N(C)C1=O)C(=O)OCC. The Bertz CT molecular complexity index is 652. The molecule has 9 nitrogen and oxygen atoms in total. The Kier molecular flexibility index (Phi) is 7.04. The van der Waals surface area contributed by atoms with Gasteiger partial charge in [0.1, 0.15) is 5.41 Å². The zero-order valence-corrected chi connectivity index (χ0v) is 16.0. The molecule has 0 saturated carbocycles. The fraction of sp³-hybridized carbons (Fsp3) is 0.500. The van der Waals surface area contributed by atoms with Crippen LogP contribution in [-0.2, 0) is 28.7 Å². The highest BCUT2D eigenvalue weighted by atomic mass is 16.5. The molecule has 0 aromatic carbocycles. The predicted molar refractivity (Wildman–Crippen MR) is 94.1 cm³/mol. The van der Waals surface area contributed by atoms with E-state index in [-0.39, 0.29) is 24.4 Å². The standard InChI is InChI=1S/C18H24N2O7/c1-7-26-13(21)11(3)9-18(10-12(4)14(22)27-8-2)15(23)19(5)17(25)20(6)16(18)24/h3-4,7-10H2,1-2,5-6H3. The van der Waals surface area contributed by atoms with Gasteiger partial charge in [0, 0.05) is 38.1 Å². The number of hydrogen-bond donors (Lipinski definition) is 0. The van der Waals surface area contributed by atoms with Gasteiger partial charge in [0.2, 0.25) is 11.8 Å². The maximum Gasteiger partial charge on any atom is 0.333 e. The second-order valence-electron chi connectivity index (χ2n) is 6.09. The Morgan fingerprint density at radius 3 is 1.48 bits per heavy atom. The van der Waals surface area contributed by atoms with Crippen molar-refractivity contribution in [3.05, 3.63) is 24.3 Å². The lowest BCUT2D eigenvalue weighted by Gasteiger charge is -2.41. The van der Waals surface area contributed by atoms with Crippen molar-refractivity contribution in [2.24, 2.45) is 5.41 Å². The van der Waals surface area contributed by atoms with E-state index in [9.17, 15) is 24.0 Å². The summed E-state index contributed by atoms with van der Waals surface area (Å²) < 4.78 is 9.71. The number of urea groups is 1. The molecule has 1 rings (SSSR count). The molecule has 1 fully saturated rings. The van der Waals surface area contributed by atoms with E-state index in [0.717, 1.165) is 9.80 Å². The molecular formula is C18H24N2O7. The van der Waals surface area contributed by atoms with Gasteiger partial charge in [-0.05, 0) is 13.8 Å². The lowest BCUT2D eigenvalue weighted by Crippen LogP contribution is -2.63. The molecule has 148 valence electrons. The summed E-state index contributed by atoms with van der Waals surface area (Å²) in [5, 5.41) is 0. The minimum Gasteiger partial charge on any atom is -0.463 e. The number of barbiturate groups is 1. The average Bonchev–Trinajstić information content (AvgIpc) is 2.63. The lowest BCUT2D eigenvalue weighted by atomic mass is 9.73. The second-order valence-corrected chi connectivity index (χ2v) is 6.09. The Morgan fingerprint density at radius 1 is 0.852 bits per heavy atom. The molecule has 1 aliphatic heterocycles. The number of carbonyl (C=O) groups is 5. The lowest BCUT2D eigenvalue weighted by molar-refractivity contribution is -0.157. The van der Waals surface area contributed by atoms with Gasteiger partial charge in [-0.3, -0.25) is 19.4 Å². The van der Waals surface area contributed by atoms with Crippen molar-refractivity contribution in [3.8, 4) is 0 Å². The summed E-state index contributed by atoms with van der Waals surface area (Å²) in [6.45, 7) is 10.5. The van der Waals surface area contributed by atoms with Crippen molar-refractivity contribution in [1.29, 1.82) is 0 Å². The largest absolute Gasteiger partial charge is 0.463 e. The highest BCUT2D eigenvalue weighted by Gasteiger charge is 2.56. The molecule has 4 amide bonds. The summed E-state index contributed by atoms with van der Waals surface area (Å²) in [7, 11) is 2.42. The first-order valence-corrected chi connectivity index (χ1v) is 8.33. The maximum atomic E-state index is 12.9. The molecule has 0 radical (unpaired) electrons. The van der Waals surface area contributed by atoms with E-state index < -0.39 is 48.0 Å². The molecule has 0 N–H and O–H groups in total.